The lowest BCUT2D eigenvalue weighted by molar-refractivity contribution is 0.232. The molecule has 108 valence electrons. The number of nitrogens with zero attached hydrogens (tertiary/aromatic N) is 3. The summed E-state index contributed by atoms with van der Waals surface area (Å²) in [5, 5.41) is 3.18. The van der Waals surface area contributed by atoms with Gasteiger partial charge in [0.15, 0.2) is 0 Å². The van der Waals surface area contributed by atoms with Crippen LogP contribution in [0, 0.1) is 12.8 Å². The van der Waals surface area contributed by atoms with Gasteiger partial charge in [0.2, 0.25) is 11.8 Å². The molecule has 19 heavy (non-hydrogen) atoms. The Morgan fingerprint density at radius 1 is 1.32 bits per heavy atom. The van der Waals surface area contributed by atoms with Crippen molar-refractivity contribution in [1.29, 1.82) is 0 Å². The minimum atomic E-state index is 0.121. The van der Waals surface area contributed by atoms with E-state index in [1.165, 1.54) is 0 Å². The van der Waals surface area contributed by atoms with Gasteiger partial charge in [0.25, 0.3) is 0 Å². The molecule has 1 N–H and O–H groups in total. The van der Waals surface area contributed by atoms with Crippen LogP contribution in [0.2, 0.25) is 0 Å². The van der Waals surface area contributed by atoms with Gasteiger partial charge < -0.3 is 15.0 Å². The second-order valence-electron chi connectivity index (χ2n) is 5.36. The Labute approximate surface area is 116 Å². The minimum Gasteiger partial charge on any atom is -0.475 e. The number of ether oxygens (including phenoxy) is 1. The van der Waals surface area contributed by atoms with Crippen LogP contribution in [0.1, 0.15) is 26.5 Å². The van der Waals surface area contributed by atoms with Crippen LogP contribution < -0.4 is 15.0 Å². The Bertz CT molecular complexity index is 395. The average molecular weight is 266 g/mol. The number of aromatic nitrogens is 2. The monoisotopic (exact) mass is 266 g/mol. The summed E-state index contributed by atoms with van der Waals surface area (Å²) in [4.78, 5) is 11.0. The van der Waals surface area contributed by atoms with E-state index in [9.17, 15) is 0 Å². The topological polar surface area (TPSA) is 50.3 Å². The first-order valence-corrected chi connectivity index (χ1v) is 6.80. The standard InChI is InChI=1S/C14H26N4O/c1-10(2)19-13-7-12(4)16-14(17-13)18(6)9-11(3)8-15-5/h7,10-11,15H,8-9H2,1-6H3. The van der Waals surface area contributed by atoms with E-state index in [1.807, 2.05) is 40.9 Å². The molecule has 5 nitrogen and oxygen atoms in total. The van der Waals surface area contributed by atoms with Crippen molar-refractivity contribution in [3.63, 3.8) is 0 Å². The number of hydrogen-bond acceptors (Lipinski definition) is 5. The maximum absolute atomic E-state index is 5.65. The summed E-state index contributed by atoms with van der Waals surface area (Å²) in [6, 6.07) is 1.87. The van der Waals surface area contributed by atoms with Gasteiger partial charge in [0.1, 0.15) is 0 Å². The lowest BCUT2D eigenvalue weighted by Gasteiger charge is -2.22. The molecule has 0 radical (unpaired) electrons. The minimum absolute atomic E-state index is 0.121. The van der Waals surface area contributed by atoms with Gasteiger partial charge in [-0.25, -0.2) is 4.98 Å². The average Bonchev–Trinajstić information content (AvgIpc) is 2.27. The molecule has 1 atom stereocenters. The first-order valence-electron chi connectivity index (χ1n) is 6.80. The number of nitrogens with one attached hydrogen (secondary N) is 1. The van der Waals surface area contributed by atoms with E-state index in [2.05, 4.69) is 27.1 Å². The van der Waals surface area contributed by atoms with Gasteiger partial charge in [-0.15, -0.1) is 0 Å². The predicted octanol–water partition coefficient (Wildman–Crippen LogP) is 1.86. The molecule has 0 bridgehead atoms. The molecule has 1 unspecified atom stereocenters. The molecule has 1 heterocycles. The second kappa shape index (κ2) is 7.28. The molecule has 0 spiro atoms. The highest BCUT2D eigenvalue weighted by molar-refractivity contribution is 5.33. The van der Waals surface area contributed by atoms with Gasteiger partial charge in [-0.1, -0.05) is 6.92 Å². The second-order valence-corrected chi connectivity index (χ2v) is 5.36. The summed E-state index contributed by atoms with van der Waals surface area (Å²) in [5.41, 5.74) is 0.925. The Balaban J connectivity index is 2.78. The Morgan fingerprint density at radius 2 is 2.00 bits per heavy atom. The maximum Gasteiger partial charge on any atom is 0.228 e. The number of aryl methyl sites for hydroxylation is 1. The molecule has 0 aliphatic rings. The molecular weight excluding hydrogens is 240 g/mol. The van der Waals surface area contributed by atoms with Crippen LogP contribution in [-0.4, -0.2) is 43.3 Å². The molecule has 0 amide bonds. The quantitative estimate of drug-likeness (QED) is 0.816. The largest absolute Gasteiger partial charge is 0.475 e. The fourth-order valence-corrected chi connectivity index (χ4v) is 1.96. The van der Waals surface area contributed by atoms with Crippen LogP contribution in [-0.2, 0) is 0 Å². The van der Waals surface area contributed by atoms with Crippen molar-refractivity contribution in [1.82, 2.24) is 15.3 Å². The highest BCUT2D eigenvalue weighted by atomic mass is 16.5. The third-order valence-electron chi connectivity index (χ3n) is 2.65. The number of anilines is 1. The summed E-state index contributed by atoms with van der Waals surface area (Å²) in [5.74, 6) is 1.90. The van der Waals surface area contributed by atoms with Crippen molar-refractivity contribution in [2.24, 2.45) is 5.92 Å². The van der Waals surface area contributed by atoms with Crippen molar-refractivity contribution in [2.45, 2.75) is 33.8 Å². The number of rotatable bonds is 7. The highest BCUT2D eigenvalue weighted by Gasteiger charge is 2.11. The van der Waals surface area contributed by atoms with Crippen molar-refractivity contribution >= 4 is 5.95 Å². The first kappa shape index (κ1) is 15.7. The molecular formula is C14H26N4O. The van der Waals surface area contributed by atoms with E-state index in [4.69, 9.17) is 4.74 Å². The van der Waals surface area contributed by atoms with Crippen molar-refractivity contribution in [3.8, 4) is 5.88 Å². The Kier molecular flexibility index (Phi) is 6.02. The van der Waals surface area contributed by atoms with Gasteiger partial charge >= 0.3 is 0 Å². The molecule has 5 heteroatoms. The SMILES string of the molecule is CNCC(C)CN(C)c1nc(C)cc(OC(C)C)n1. The maximum atomic E-state index is 5.65. The molecule has 1 aromatic rings. The third-order valence-corrected chi connectivity index (χ3v) is 2.65. The van der Waals surface area contributed by atoms with Gasteiger partial charge in [0.05, 0.1) is 6.10 Å². The molecule has 0 fully saturated rings. The Morgan fingerprint density at radius 3 is 2.58 bits per heavy atom. The van der Waals surface area contributed by atoms with E-state index in [0.717, 1.165) is 24.7 Å². The van der Waals surface area contributed by atoms with Gasteiger partial charge in [-0.3, -0.25) is 0 Å². The third kappa shape index (κ3) is 5.42. The van der Waals surface area contributed by atoms with Gasteiger partial charge in [-0.2, -0.15) is 4.98 Å². The molecule has 0 saturated heterocycles. The summed E-state index contributed by atoms with van der Waals surface area (Å²) >= 11 is 0. The van der Waals surface area contributed by atoms with Crippen LogP contribution in [0.5, 0.6) is 5.88 Å². The molecule has 0 aliphatic carbocycles. The van der Waals surface area contributed by atoms with E-state index in [-0.39, 0.29) is 6.10 Å². The van der Waals surface area contributed by atoms with Gasteiger partial charge in [0, 0.05) is 25.4 Å². The van der Waals surface area contributed by atoms with E-state index >= 15 is 0 Å². The smallest absolute Gasteiger partial charge is 0.228 e. The lowest BCUT2D eigenvalue weighted by Crippen LogP contribution is -2.30. The van der Waals surface area contributed by atoms with Crippen LogP contribution >= 0.6 is 0 Å². The van der Waals surface area contributed by atoms with Crippen LogP contribution in [0.3, 0.4) is 0 Å². The zero-order valence-electron chi connectivity index (χ0n) is 12.9. The molecule has 0 saturated carbocycles. The fourth-order valence-electron chi connectivity index (χ4n) is 1.96. The lowest BCUT2D eigenvalue weighted by atomic mass is 10.2. The van der Waals surface area contributed by atoms with Crippen molar-refractivity contribution < 1.29 is 4.74 Å². The van der Waals surface area contributed by atoms with E-state index in [1.54, 1.807) is 0 Å². The zero-order chi connectivity index (χ0) is 14.4. The van der Waals surface area contributed by atoms with Crippen LogP contribution in [0.4, 0.5) is 5.95 Å². The van der Waals surface area contributed by atoms with E-state index in [0.29, 0.717) is 11.8 Å². The van der Waals surface area contributed by atoms with E-state index < -0.39 is 0 Å². The summed E-state index contributed by atoms with van der Waals surface area (Å²) in [7, 11) is 3.98. The van der Waals surface area contributed by atoms with Crippen LogP contribution in [0.15, 0.2) is 6.07 Å². The normalized spacial score (nSPS) is 12.6. The summed E-state index contributed by atoms with van der Waals surface area (Å²) in [6.07, 6.45) is 0.121. The van der Waals surface area contributed by atoms with Gasteiger partial charge in [-0.05, 0) is 40.3 Å². The molecule has 0 aromatic carbocycles. The highest BCUT2D eigenvalue weighted by Crippen LogP contribution is 2.16. The van der Waals surface area contributed by atoms with Crippen molar-refractivity contribution in [2.75, 3.05) is 32.1 Å². The molecule has 1 rings (SSSR count). The molecule has 0 aliphatic heterocycles. The summed E-state index contributed by atoms with van der Waals surface area (Å²) < 4.78 is 5.65. The predicted molar refractivity (Wildman–Crippen MR) is 78.9 cm³/mol. The fraction of sp³-hybridized carbons (Fsp3) is 0.714. The Hall–Kier alpha value is -1.36. The van der Waals surface area contributed by atoms with Crippen LogP contribution in [0.25, 0.3) is 0 Å². The van der Waals surface area contributed by atoms with Crippen molar-refractivity contribution in [3.05, 3.63) is 11.8 Å². The molecule has 1 aromatic heterocycles. The summed E-state index contributed by atoms with van der Waals surface area (Å²) in [6.45, 7) is 10.0. The zero-order valence-corrected chi connectivity index (χ0v) is 12.9. The number of hydrogen-bond donors (Lipinski definition) is 1. The first-order chi connectivity index (χ1) is 8.92.